The van der Waals surface area contributed by atoms with E-state index in [0.29, 0.717) is 0 Å². The fourth-order valence-corrected chi connectivity index (χ4v) is 3.57. The summed E-state index contributed by atoms with van der Waals surface area (Å²) in [5.74, 6) is -1.03. The molecule has 0 aliphatic carbocycles. The predicted molar refractivity (Wildman–Crippen MR) is 105 cm³/mol. The molecule has 0 aromatic heterocycles. The van der Waals surface area contributed by atoms with Crippen molar-refractivity contribution in [1.82, 2.24) is 9.62 Å². The zero-order valence-electron chi connectivity index (χ0n) is 16.1. The minimum atomic E-state index is -3.59. The van der Waals surface area contributed by atoms with E-state index in [9.17, 15) is 18.0 Å². The molecule has 28 heavy (non-hydrogen) atoms. The number of rotatable bonds is 8. The highest BCUT2D eigenvalue weighted by molar-refractivity contribution is 7.89. The smallest absolute Gasteiger partial charge is 0.338 e. The van der Waals surface area contributed by atoms with Gasteiger partial charge < -0.3 is 9.64 Å². The van der Waals surface area contributed by atoms with Crippen molar-refractivity contribution in [3.05, 3.63) is 65.7 Å². The highest BCUT2D eigenvalue weighted by atomic mass is 32.2. The maximum atomic E-state index is 12.3. The molecule has 0 fully saturated rings. The Hall–Kier alpha value is -2.71. The lowest BCUT2D eigenvalue weighted by molar-refractivity contribution is -0.135. The summed E-state index contributed by atoms with van der Waals surface area (Å²) in [5, 5.41) is 0. The van der Waals surface area contributed by atoms with Crippen molar-refractivity contribution in [3.63, 3.8) is 0 Å². The first-order valence-electron chi connectivity index (χ1n) is 8.83. The average molecular weight is 404 g/mol. The zero-order chi connectivity index (χ0) is 20.7. The highest BCUT2D eigenvalue weighted by Gasteiger charge is 2.19. The third-order valence-corrected chi connectivity index (χ3v) is 5.88. The lowest BCUT2D eigenvalue weighted by Crippen LogP contribution is -2.33. The van der Waals surface area contributed by atoms with E-state index in [4.69, 9.17) is 4.74 Å². The van der Waals surface area contributed by atoms with Gasteiger partial charge in [0.2, 0.25) is 10.0 Å². The monoisotopic (exact) mass is 404 g/mol. The molecule has 1 atom stereocenters. The largest absolute Gasteiger partial charge is 0.452 e. The minimum Gasteiger partial charge on any atom is -0.452 e. The fourth-order valence-electron chi connectivity index (χ4n) is 2.53. The van der Waals surface area contributed by atoms with E-state index in [1.165, 1.54) is 29.2 Å². The normalized spacial score (nSPS) is 12.2. The first-order chi connectivity index (χ1) is 13.3. The number of nitrogens with one attached hydrogen (secondary N) is 1. The van der Waals surface area contributed by atoms with Gasteiger partial charge in [0.25, 0.3) is 5.91 Å². The van der Waals surface area contributed by atoms with Crippen LogP contribution < -0.4 is 4.72 Å². The Morgan fingerprint density at radius 2 is 1.68 bits per heavy atom. The van der Waals surface area contributed by atoms with Crippen LogP contribution in [0.3, 0.4) is 0 Å². The molecule has 0 heterocycles. The number of sulfonamides is 1. The lowest BCUT2D eigenvalue weighted by Gasteiger charge is -2.25. The molecule has 0 unspecified atom stereocenters. The standard InChI is InChI=1S/C20H24N2O5S/c1-4-21-28(25,26)18-12-10-17(11-13-18)20(24)27-14-19(23)22(3)15(2)16-8-6-5-7-9-16/h5-13,15,21H,4,14H2,1-3H3/t15-/m1/s1. The van der Waals surface area contributed by atoms with E-state index in [1.54, 1.807) is 14.0 Å². The Kier molecular flexibility index (Phi) is 7.31. The second kappa shape index (κ2) is 9.48. The van der Waals surface area contributed by atoms with Crippen LogP contribution in [0.25, 0.3) is 0 Å². The van der Waals surface area contributed by atoms with E-state index in [2.05, 4.69) is 4.72 Å². The van der Waals surface area contributed by atoms with Gasteiger partial charge in [-0.15, -0.1) is 0 Å². The van der Waals surface area contributed by atoms with Crippen molar-refractivity contribution >= 4 is 21.9 Å². The maximum absolute atomic E-state index is 12.3. The van der Waals surface area contributed by atoms with Crippen LogP contribution in [0.2, 0.25) is 0 Å². The third kappa shape index (κ3) is 5.40. The van der Waals surface area contributed by atoms with Gasteiger partial charge in [0.15, 0.2) is 6.61 Å². The molecular formula is C20H24N2O5S. The van der Waals surface area contributed by atoms with Gasteiger partial charge in [-0.05, 0) is 36.8 Å². The maximum Gasteiger partial charge on any atom is 0.338 e. The summed E-state index contributed by atoms with van der Waals surface area (Å²) in [7, 11) is -1.94. The number of benzene rings is 2. The molecule has 0 saturated heterocycles. The number of amides is 1. The number of esters is 1. The van der Waals surface area contributed by atoms with Gasteiger partial charge >= 0.3 is 5.97 Å². The molecule has 1 N–H and O–H groups in total. The minimum absolute atomic E-state index is 0.0541. The SMILES string of the molecule is CCNS(=O)(=O)c1ccc(C(=O)OCC(=O)N(C)[C@H](C)c2ccccc2)cc1. The van der Waals surface area contributed by atoms with E-state index in [1.807, 2.05) is 37.3 Å². The van der Waals surface area contributed by atoms with E-state index in [-0.39, 0.29) is 29.0 Å². The van der Waals surface area contributed by atoms with Crippen LogP contribution in [0.1, 0.15) is 35.8 Å². The molecular weight excluding hydrogens is 380 g/mol. The van der Waals surface area contributed by atoms with Crippen LogP contribution in [0.4, 0.5) is 0 Å². The fraction of sp³-hybridized carbons (Fsp3) is 0.300. The van der Waals surface area contributed by atoms with Crippen molar-refractivity contribution in [1.29, 1.82) is 0 Å². The summed E-state index contributed by atoms with van der Waals surface area (Å²) in [6, 6.07) is 14.7. The summed E-state index contributed by atoms with van der Waals surface area (Å²) in [6.07, 6.45) is 0. The summed E-state index contributed by atoms with van der Waals surface area (Å²) in [6.45, 7) is 3.43. The number of likely N-dealkylation sites (N-methyl/N-ethyl adjacent to an activating group) is 1. The van der Waals surface area contributed by atoms with Gasteiger partial charge in [0, 0.05) is 13.6 Å². The second-order valence-electron chi connectivity index (χ2n) is 6.19. The van der Waals surface area contributed by atoms with Crippen molar-refractivity contribution < 1.29 is 22.7 Å². The molecule has 7 nitrogen and oxygen atoms in total. The number of hydrogen-bond donors (Lipinski definition) is 1. The topological polar surface area (TPSA) is 92.8 Å². The van der Waals surface area contributed by atoms with Crippen molar-refractivity contribution in [2.75, 3.05) is 20.2 Å². The molecule has 0 aliphatic rings. The Bertz CT molecular complexity index is 911. The second-order valence-corrected chi connectivity index (χ2v) is 7.96. The molecule has 2 aromatic rings. The van der Waals surface area contributed by atoms with E-state index in [0.717, 1.165) is 5.56 Å². The molecule has 0 radical (unpaired) electrons. The predicted octanol–water partition coefficient (Wildman–Crippen LogP) is 2.36. The number of ether oxygens (including phenoxy) is 1. The molecule has 2 aromatic carbocycles. The van der Waals surface area contributed by atoms with Gasteiger partial charge in [0.1, 0.15) is 0 Å². The van der Waals surface area contributed by atoms with Gasteiger partial charge in [-0.2, -0.15) is 0 Å². The Balaban J connectivity index is 1.95. The van der Waals surface area contributed by atoms with Crippen LogP contribution in [-0.2, 0) is 19.6 Å². The third-order valence-electron chi connectivity index (χ3n) is 4.32. The molecule has 1 amide bonds. The van der Waals surface area contributed by atoms with Crippen molar-refractivity contribution in [2.24, 2.45) is 0 Å². The first kappa shape index (κ1) is 21.6. The van der Waals surface area contributed by atoms with Gasteiger partial charge in [-0.25, -0.2) is 17.9 Å². The molecule has 0 bridgehead atoms. The van der Waals surface area contributed by atoms with E-state index < -0.39 is 22.6 Å². The molecule has 8 heteroatoms. The molecule has 2 rings (SSSR count). The molecule has 0 aliphatic heterocycles. The zero-order valence-corrected chi connectivity index (χ0v) is 16.9. The van der Waals surface area contributed by atoms with Gasteiger partial charge in [0.05, 0.1) is 16.5 Å². The lowest BCUT2D eigenvalue weighted by atomic mass is 10.1. The van der Waals surface area contributed by atoms with E-state index >= 15 is 0 Å². The number of nitrogens with zero attached hydrogens (tertiary/aromatic N) is 1. The molecule has 0 spiro atoms. The number of carbonyl (C=O) groups is 2. The average Bonchev–Trinajstić information content (AvgIpc) is 2.71. The molecule has 0 saturated carbocycles. The Morgan fingerprint density at radius 3 is 2.25 bits per heavy atom. The van der Waals surface area contributed by atoms with Crippen LogP contribution >= 0.6 is 0 Å². The van der Waals surface area contributed by atoms with Crippen LogP contribution in [0.5, 0.6) is 0 Å². The first-order valence-corrected chi connectivity index (χ1v) is 10.3. The van der Waals surface area contributed by atoms with Gasteiger partial charge in [-0.3, -0.25) is 4.79 Å². The van der Waals surface area contributed by atoms with Crippen molar-refractivity contribution in [2.45, 2.75) is 24.8 Å². The van der Waals surface area contributed by atoms with Crippen LogP contribution in [0, 0.1) is 0 Å². The Labute approximate surface area is 165 Å². The van der Waals surface area contributed by atoms with Crippen LogP contribution in [0.15, 0.2) is 59.5 Å². The molecule has 150 valence electrons. The summed E-state index contributed by atoms with van der Waals surface area (Å²) < 4.78 is 31.3. The number of carbonyl (C=O) groups excluding carboxylic acids is 2. The van der Waals surface area contributed by atoms with Gasteiger partial charge in [-0.1, -0.05) is 37.3 Å². The summed E-state index contributed by atoms with van der Waals surface area (Å²) in [4.78, 5) is 26.0. The summed E-state index contributed by atoms with van der Waals surface area (Å²) >= 11 is 0. The Morgan fingerprint density at radius 1 is 1.07 bits per heavy atom. The summed E-state index contributed by atoms with van der Waals surface area (Å²) in [5.41, 5.74) is 1.14. The van der Waals surface area contributed by atoms with Crippen molar-refractivity contribution in [3.8, 4) is 0 Å². The number of hydrogen-bond acceptors (Lipinski definition) is 5. The quantitative estimate of drug-likeness (QED) is 0.682. The highest BCUT2D eigenvalue weighted by Crippen LogP contribution is 2.18. The van der Waals surface area contributed by atoms with Crippen LogP contribution in [-0.4, -0.2) is 45.4 Å².